The molecule has 3 atom stereocenters. The first-order valence-electron chi connectivity index (χ1n) is 19.2. The van der Waals surface area contributed by atoms with Gasteiger partial charge in [0.15, 0.2) is 5.82 Å². The van der Waals surface area contributed by atoms with Gasteiger partial charge < -0.3 is 10.1 Å². The van der Waals surface area contributed by atoms with Crippen LogP contribution in [0.2, 0.25) is 5.02 Å². The monoisotopic (exact) mass is 888 g/mol. The van der Waals surface area contributed by atoms with Gasteiger partial charge in [-0.1, -0.05) is 17.7 Å². The number of rotatable bonds is 11. The Labute approximate surface area is 347 Å². The number of ether oxygens (including phenoxy) is 1. The second-order valence-corrected chi connectivity index (χ2v) is 17.8. The Balaban J connectivity index is 1.24. The van der Waals surface area contributed by atoms with Crippen molar-refractivity contribution in [3.05, 3.63) is 109 Å². The van der Waals surface area contributed by atoms with Gasteiger partial charge in [-0.3, -0.25) is 28.2 Å². The Morgan fingerprint density at radius 2 is 1.77 bits per heavy atom. The SMILES string of the molecule is Cn1nc(NS(C)(=O)=O)c2c(Cl)ccc(-n3c([C@H](Cc4cc(F)cc(F)c4)NC(=O)Cn4nc(C(F)F)c5c4C(F)(F)C4CC54)nc4cc(C5CCOCC5)ccc4c3=O)c21. The smallest absolute Gasteiger partial charge is 0.293 e. The lowest BCUT2D eigenvalue weighted by Gasteiger charge is -2.25. The highest BCUT2D eigenvalue weighted by atomic mass is 35.5. The Hall–Kier alpha value is -5.47. The largest absolute Gasteiger partial charge is 0.381 e. The van der Waals surface area contributed by atoms with Gasteiger partial charge in [0.25, 0.3) is 17.9 Å². The summed E-state index contributed by atoms with van der Waals surface area (Å²) < 4.78 is 124. The fourth-order valence-corrected chi connectivity index (χ4v) is 9.62. The van der Waals surface area contributed by atoms with Crippen molar-refractivity contribution in [1.82, 2.24) is 34.4 Å². The third-order valence-electron chi connectivity index (χ3n) is 11.5. The van der Waals surface area contributed by atoms with Crippen LogP contribution < -0.4 is 15.6 Å². The quantitative estimate of drug-likeness (QED) is 0.133. The van der Waals surface area contributed by atoms with Crippen LogP contribution in [0.1, 0.15) is 77.5 Å². The van der Waals surface area contributed by atoms with E-state index in [1.165, 1.54) is 23.9 Å². The average Bonchev–Trinajstić information content (AvgIpc) is 3.73. The zero-order chi connectivity index (χ0) is 43.3. The van der Waals surface area contributed by atoms with Crippen LogP contribution in [0.3, 0.4) is 0 Å². The number of nitrogens with zero attached hydrogens (tertiary/aromatic N) is 6. The Kier molecular flexibility index (Phi) is 9.97. The minimum absolute atomic E-state index is 0.00568. The summed E-state index contributed by atoms with van der Waals surface area (Å²) in [5.41, 5.74) is -1.36. The maximum Gasteiger partial charge on any atom is 0.293 e. The summed E-state index contributed by atoms with van der Waals surface area (Å²) in [6.07, 6.45) is -1.32. The number of anilines is 1. The molecule has 6 aromatic rings. The number of aryl methyl sites for hydroxylation is 1. The standard InChI is InChI=1S/C40H35ClF6N8O5S/c1-53-34-29(6-5-26(41)32(34)37(51-53)52-61(2,58)59)55-38(49-27-14-20(3-4-23(27)39(55)57)19-7-9-60-10-8-19)28(13-18-11-21(42)15-22(43)12-18)48-30(56)17-54-35-31(33(50-54)36(44)45)24-16-25(24)40(35,46)47/h3-6,11-12,14-15,19,24-25,28,36H,7-10,13,16-17H2,1-2H3,(H,48,56)(H,51,52)/t24?,25?,28-/m0/s1. The van der Waals surface area contributed by atoms with Gasteiger partial charge in [-0.05, 0) is 78.6 Å². The minimum atomic E-state index is -3.90. The maximum absolute atomic E-state index is 15.5. The summed E-state index contributed by atoms with van der Waals surface area (Å²) in [6.45, 7) is 0.0672. The summed E-state index contributed by atoms with van der Waals surface area (Å²) in [6, 6.07) is 9.12. The van der Waals surface area contributed by atoms with E-state index in [2.05, 4.69) is 20.2 Å². The van der Waals surface area contributed by atoms with E-state index in [9.17, 15) is 35.6 Å². The van der Waals surface area contributed by atoms with Crippen molar-refractivity contribution in [2.75, 3.05) is 24.2 Å². The molecule has 1 saturated heterocycles. The van der Waals surface area contributed by atoms with Crippen LogP contribution in [0.25, 0.3) is 27.5 Å². The van der Waals surface area contributed by atoms with Crippen LogP contribution in [0.4, 0.5) is 32.2 Å². The molecule has 3 aliphatic rings. The highest BCUT2D eigenvalue weighted by Gasteiger charge is 2.67. The number of benzene rings is 3. The van der Waals surface area contributed by atoms with Crippen LogP contribution in [-0.4, -0.2) is 62.9 Å². The number of amides is 1. The van der Waals surface area contributed by atoms with Crippen LogP contribution in [0.5, 0.6) is 0 Å². The van der Waals surface area contributed by atoms with E-state index >= 15 is 8.78 Å². The van der Waals surface area contributed by atoms with Crippen molar-refractivity contribution in [2.45, 2.75) is 62.5 Å². The molecule has 0 spiro atoms. The van der Waals surface area contributed by atoms with E-state index in [0.717, 1.165) is 28.5 Å². The molecule has 61 heavy (non-hydrogen) atoms. The molecule has 4 heterocycles. The third kappa shape index (κ3) is 7.30. The lowest BCUT2D eigenvalue weighted by atomic mass is 9.91. The molecule has 0 radical (unpaired) electrons. The van der Waals surface area contributed by atoms with Crippen LogP contribution in [-0.2, 0) is 45.5 Å². The molecule has 9 rings (SSSR count). The zero-order valence-corrected chi connectivity index (χ0v) is 33.8. The molecule has 3 aromatic carbocycles. The lowest BCUT2D eigenvalue weighted by molar-refractivity contribution is -0.123. The topological polar surface area (TPSA) is 155 Å². The third-order valence-corrected chi connectivity index (χ3v) is 12.4. The van der Waals surface area contributed by atoms with E-state index in [1.54, 1.807) is 18.2 Å². The number of hydrogen-bond donors (Lipinski definition) is 2. The van der Waals surface area contributed by atoms with Crippen molar-refractivity contribution >= 4 is 55.2 Å². The van der Waals surface area contributed by atoms with E-state index in [4.69, 9.17) is 21.3 Å². The molecule has 0 bridgehead atoms. The van der Waals surface area contributed by atoms with Gasteiger partial charge >= 0.3 is 0 Å². The number of alkyl halides is 4. The Morgan fingerprint density at radius 3 is 2.46 bits per heavy atom. The predicted molar refractivity (Wildman–Crippen MR) is 211 cm³/mol. The molecule has 2 unspecified atom stereocenters. The van der Waals surface area contributed by atoms with E-state index in [-0.39, 0.29) is 67.6 Å². The molecule has 2 aliphatic carbocycles. The second-order valence-electron chi connectivity index (χ2n) is 15.7. The summed E-state index contributed by atoms with van der Waals surface area (Å²) in [4.78, 5) is 34.0. The minimum Gasteiger partial charge on any atom is -0.381 e. The maximum atomic E-state index is 15.5. The van der Waals surface area contributed by atoms with Gasteiger partial charge in [0.1, 0.15) is 35.4 Å². The number of aromatic nitrogens is 6. The number of carbonyl (C=O) groups excluding carboxylic acids is 1. The summed E-state index contributed by atoms with van der Waals surface area (Å²) in [5.74, 6) is -8.80. The lowest BCUT2D eigenvalue weighted by Crippen LogP contribution is -2.38. The normalized spacial score (nSPS) is 19.0. The predicted octanol–water partition coefficient (Wildman–Crippen LogP) is 6.91. The molecule has 1 aliphatic heterocycles. The number of carbonyl (C=O) groups is 1. The highest BCUT2D eigenvalue weighted by molar-refractivity contribution is 7.92. The van der Waals surface area contributed by atoms with Gasteiger partial charge in [-0.2, -0.15) is 19.0 Å². The fraction of sp³-hybridized carbons (Fsp3) is 0.375. The number of sulfonamides is 1. The molecular weight excluding hydrogens is 854 g/mol. The number of halogens is 7. The van der Waals surface area contributed by atoms with Crippen molar-refractivity contribution in [3.8, 4) is 5.69 Å². The first-order chi connectivity index (χ1) is 28.9. The molecule has 1 saturated carbocycles. The van der Waals surface area contributed by atoms with Crippen LogP contribution in [0, 0.1) is 17.6 Å². The fourth-order valence-electron chi connectivity index (χ4n) is 8.88. The van der Waals surface area contributed by atoms with E-state index < -0.39 is 87.7 Å². The molecule has 13 nitrogen and oxygen atoms in total. The van der Waals surface area contributed by atoms with Crippen molar-refractivity contribution in [3.63, 3.8) is 0 Å². The molecule has 2 N–H and O–H groups in total. The van der Waals surface area contributed by atoms with Crippen LogP contribution >= 0.6 is 11.6 Å². The Morgan fingerprint density at radius 1 is 1.05 bits per heavy atom. The molecule has 1 amide bonds. The summed E-state index contributed by atoms with van der Waals surface area (Å²) in [5, 5.41) is 11.0. The zero-order valence-electron chi connectivity index (χ0n) is 32.2. The summed E-state index contributed by atoms with van der Waals surface area (Å²) >= 11 is 6.63. The molecule has 320 valence electrons. The summed E-state index contributed by atoms with van der Waals surface area (Å²) in [7, 11) is -2.42. The highest BCUT2D eigenvalue weighted by Crippen LogP contribution is 2.68. The van der Waals surface area contributed by atoms with Crippen molar-refractivity contribution in [1.29, 1.82) is 0 Å². The number of hydrogen-bond acceptors (Lipinski definition) is 8. The van der Waals surface area contributed by atoms with Gasteiger partial charge in [-0.25, -0.2) is 31.0 Å². The first-order valence-corrected chi connectivity index (χ1v) is 21.5. The van der Waals surface area contributed by atoms with E-state index in [1.807, 2.05) is 0 Å². The number of fused-ring (bicyclic) bond motifs is 5. The van der Waals surface area contributed by atoms with Crippen molar-refractivity contribution in [2.24, 2.45) is 13.0 Å². The van der Waals surface area contributed by atoms with Crippen molar-refractivity contribution < 1.29 is 44.3 Å². The average molecular weight is 889 g/mol. The van der Waals surface area contributed by atoms with Gasteiger partial charge in [0.2, 0.25) is 15.9 Å². The molecule has 21 heteroatoms. The van der Waals surface area contributed by atoms with E-state index in [0.29, 0.717) is 36.8 Å². The molecular formula is C40H35ClF6N8O5S. The second kappa shape index (κ2) is 14.9. The Bertz CT molecular complexity index is 2950. The van der Waals surface area contributed by atoms with Gasteiger partial charge in [0.05, 0.1) is 44.8 Å². The first kappa shape index (κ1) is 40.9. The molecule has 3 aromatic heterocycles. The van der Waals surface area contributed by atoms with Gasteiger partial charge in [0, 0.05) is 44.2 Å². The van der Waals surface area contributed by atoms with Gasteiger partial charge in [-0.15, -0.1) is 0 Å². The number of nitrogens with one attached hydrogen (secondary N) is 2. The molecule has 2 fully saturated rings. The van der Waals surface area contributed by atoms with Crippen LogP contribution in [0.15, 0.2) is 53.3 Å².